The van der Waals surface area contributed by atoms with Gasteiger partial charge in [-0.05, 0) is 42.5 Å². The number of carbonyl (C=O) groups excluding carboxylic acids is 1. The van der Waals surface area contributed by atoms with Gasteiger partial charge in [0.1, 0.15) is 12.4 Å². The van der Waals surface area contributed by atoms with Crippen molar-refractivity contribution >= 4 is 33.2 Å². The molecule has 3 aromatic carbocycles. The Kier molecular flexibility index (Phi) is 6.62. The van der Waals surface area contributed by atoms with Gasteiger partial charge in [0.05, 0.1) is 22.2 Å². The second-order valence-electron chi connectivity index (χ2n) is 7.21. The number of halogens is 1. The van der Waals surface area contributed by atoms with Crippen molar-refractivity contribution in [2.45, 2.75) is 4.90 Å². The zero-order chi connectivity index (χ0) is 23.4. The van der Waals surface area contributed by atoms with Crippen LogP contribution in [0.15, 0.2) is 71.6 Å². The lowest BCUT2D eigenvalue weighted by atomic mass is 10.2. The molecule has 0 saturated heterocycles. The minimum Gasteiger partial charge on any atom is -0.490 e. The summed E-state index contributed by atoms with van der Waals surface area (Å²) in [6.45, 7) is 0.610. The molecule has 1 aliphatic heterocycles. The summed E-state index contributed by atoms with van der Waals surface area (Å²) in [6.07, 6.45) is 0. The molecule has 1 aliphatic rings. The third-order valence-corrected chi connectivity index (χ3v) is 6.57. The summed E-state index contributed by atoms with van der Waals surface area (Å²) in [5, 5.41) is 0.486. The zero-order valence-corrected chi connectivity index (χ0v) is 19.2. The van der Waals surface area contributed by atoms with Crippen LogP contribution in [0.1, 0.15) is 10.4 Å². The van der Waals surface area contributed by atoms with Crippen molar-refractivity contribution in [3.63, 3.8) is 0 Å². The Balaban J connectivity index is 1.41. The quantitative estimate of drug-likeness (QED) is 0.514. The number of carbonyl (C=O) groups is 1. The first-order chi connectivity index (χ1) is 15.8. The molecule has 172 valence electrons. The van der Waals surface area contributed by atoms with Crippen LogP contribution < -0.4 is 18.9 Å². The molecule has 4 rings (SSSR count). The third-order valence-electron chi connectivity index (χ3n) is 4.88. The van der Waals surface area contributed by atoms with Gasteiger partial charge in [-0.25, -0.2) is 8.42 Å². The summed E-state index contributed by atoms with van der Waals surface area (Å²) in [6, 6.07) is 17.7. The number of nitrogens with zero attached hydrogens (tertiary/aromatic N) is 1. The van der Waals surface area contributed by atoms with Crippen LogP contribution in [0.4, 0.5) is 5.69 Å². The third kappa shape index (κ3) is 5.32. The van der Waals surface area contributed by atoms with Crippen molar-refractivity contribution in [2.24, 2.45) is 0 Å². The van der Waals surface area contributed by atoms with E-state index in [0.717, 1.165) is 0 Å². The zero-order valence-electron chi connectivity index (χ0n) is 17.7. The Labute approximate surface area is 196 Å². The SMILES string of the molecule is CN(CCOc1ccccc1Cl)C(=O)c1cccc(S(=O)(=O)Nc2ccc3c(c2)OCO3)c1. The number of fused-ring (bicyclic) bond motifs is 1. The van der Waals surface area contributed by atoms with Gasteiger partial charge in [-0.1, -0.05) is 29.8 Å². The first-order valence-electron chi connectivity index (χ1n) is 9.99. The van der Waals surface area contributed by atoms with Gasteiger partial charge in [0, 0.05) is 18.7 Å². The fourth-order valence-electron chi connectivity index (χ4n) is 3.15. The smallest absolute Gasteiger partial charge is 0.261 e. The van der Waals surface area contributed by atoms with Crippen LogP contribution in [0.25, 0.3) is 0 Å². The van der Waals surface area contributed by atoms with Crippen molar-refractivity contribution in [2.75, 3.05) is 31.7 Å². The average Bonchev–Trinajstić information content (AvgIpc) is 3.27. The molecule has 33 heavy (non-hydrogen) atoms. The van der Waals surface area contributed by atoms with Crippen LogP contribution >= 0.6 is 11.6 Å². The van der Waals surface area contributed by atoms with Crippen LogP contribution in [0.2, 0.25) is 5.02 Å². The lowest BCUT2D eigenvalue weighted by Crippen LogP contribution is -2.31. The minimum absolute atomic E-state index is 0.0354. The van der Waals surface area contributed by atoms with Crippen molar-refractivity contribution in [1.82, 2.24) is 4.90 Å². The maximum Gasteiger partial charge on any atom is 0.261 e. The van der Waals surface area contributed by atoms with E-state index in [1.54, 1.807) is 55.6 Å². The molecule has 0 aliphatic carbocycles. The Morgan fingerprint density at radius 1 is 1.06 bits per heavy atom. The molecule has 1 N–H and O–H groups in total. The van der Waals surface area contributed by atoms with E-state index < -0.39 is 10.0 Å². The second kappa shape index (κ2) is 9.60. The van der Waals surface area contributed by atoms with Gasteiger partial charge in [0.25, 0.3) is 15.9 Å². The summed E-state index contributed by atoms with van der Waals surface area (Å²) in [5.74, 6) is 1.20. The van der Waals surface area contributed by atoms with Gasteiger partial charge in [-0.15, -0.1) is 0 Å². The number of hydrogen-bond acceptors (Lipinski definition) is 6. The molecule has 0 atom stereocenters. The van der Waals surface area contributed by atoms with Gasteiger partial charge in [0.15, 0.2) is 11.5 Å². The fraction of sp³-hybridized carbons (Fsp3) is 0.174. The maximum absolute atomic E-state index is 12.9. The summed E-state index contributed by atoms with van der Waals surface area (Å²) in [5.41, 5.74) is 0.564. The Hall–Kier alpha value is -3.43. The molecule has 0 fully saturated rings. The highest BCUT2D eigenvalue weighted by Gasteiger charge is 2.20. The number of ether oxygens (including phenoxy) is 3. The first-order valence-corrected chi connectivity index (χ1v) is 11.8. The number of para-hydroxylation sites is 1. The van der Waals surface area contributed by atoms with Gasteiger partial charge in [0.2, 0.25) is 6.79 Å². The van der Waals surface area contributed by atoms with Crippen LogP contribution in [0.5, 0.6) is 17.2 Å². The Bertz CT molecular complexity index is 1280. The van der Waals surface area contributed by atoms with E-state index in [1.165, 1.54) is 23.1 Å². The van der Waals surface area contributed by atoms with Gasteiger partial charge >= 0.3 is 0 Å². The van der Waals surface area contributed by atoms with E-state index in [2.05, 4.69) is 4.72 Å². The molecule has 1 heterocycles. The standard InChI is InChI=1S/C23H21ClN2O6S/c1-26(11-12-30-20-8-3-2-7-19(20)24)23(27)16-5-4-6-18(13-16)33(28,29)25-17-9-10-21-22(14-17)32-15-31-21/h2-10,13-14,25H,11-12,15H2,1H3. The topological polar surface area (TPSA) is 94.2 Å². The van der Waals surface area contributed by atoms with Gasteiger partial charge < -0.3 is 19.1 Å². The van der Waals surface area contributed by atoms with E-state index in [4.69, 9.17) is 25.8 Å². The molecule has 0 aromatic heterocycles. The van der Waals surface area contributed by atoms with Gasteiger partial charge in [-0.2, -0.15) is 0 Å². The van der Waals surface area contributed by atoms with Crippen molar-refractivity contribution in [1.29, 1.82) is 0 Å². The molecule has 0 spiro atoms. The van der Waals surface area contributed by atoms with Crippen LogP contribution in [-0.4, -0.2) is 46.2 Å². The highest BCUT2D eigenvalue weighted by molar-refractivity contribution is 7.92. The molecule has 10 heteroatoms. The Morgan fingerprint density at radius 3 is 2.67 bits per heavy atom. The number of rotatable bonds is 8. The maximum atomic E-state index is 12.9. The lowest BCUT2D eigenvalue weighted by Gasteiger charge is -2.18. The molecule has 1 amide bonds. The van der Waals surface area contributed by atoms with E-state index in [-0.39, 0.29) is 36.3 Å². The summed E-state index contributed by atoms with van der Waals surface area (Å²) >= 11 is 6.06. The largest absolute Gasteiger partial charge is 0.490 e. The van der Waals surface area contributed by atoms with E-state index in [1.807, 2.05) is 0 Å². The van der Waals surface area contributed by atoms with Crippen molar-refractivity contribution in [3.05, 3.63) is 77.3 Å². The number of likely N-dealkylation sites (N-methyl/N-ethyl adjacent to an activating group) is 1. The Morgan fingerprint density at radius 2 is 1.85 bits per heavy atom. The molecule has 8 nitrogen and oxygen atoms in total. The molecule has 3 aromatic rings. The number of amides is 1. The second-order valence-corrected chi connectivity index (χ2v) is 9.30. The number of anilines is 1. The lowest BCUT2D eigenvalue weighted by molar-refractivity contribution is 0.0773. The highest BCUT2D eigenvalue weighted by atomic mass is 35.5. The van der Waals surface area contributed by atoms with E-state index in [9.17, 15) is 13.2 Å². The first kappa shape index (κ1) is 22.8. The molecule has 0 radical (unpaired) electrons. The van der Waals surface area contributed by atoms with E-state index >= 15 is 0 Å². The number of sulfonamides is 1. The molecule has 0 saturated carbocycles. The predicted molar refractivity (Wildman–Crippen MR) is 124 cm³/mol. The summed E-state index contributed by atoms with van der Waals surface area (Å²) < 4.78 is 44.4. The molecular weight excluding hydrogens is 468 g/mol. The molecule has 0 bridgehead atoms. The monoisotopic (exact) mass is 488 g/mol. The average molecular weight is 489 g/mol. The van der Waals surface area contributed by atoms with Crippen molar-refractivity contribution in [3.8, 4) is 17.2 Å². The minimum atomic E-state index is -3.93. The van der Waals surface area contributed by atoms with Crippen LogP contribution in [0, 0.1) is 0 Å². The molecular formula is C23H21ClN2O6S. The van der Waals surface area contributed by atoms with Gasteiger partial charge in [-0.3, -0.25) is 9.52 Å². The molecule has 0 unspecified atom stereocenters. The fourth-order valence-corrected chi connectivity index (χ4v) is 4.43. The number of nitrogens with one attached hydrogen (secondary N) is 1. The van der Waals surface area contributed by atoms with Crippen LogP contribution in [0.3, 0.4) is 0 Å². The normalized spacial score (nSPS) is 12.3. The van der Waals surface area contributed by atoms with E-state index in [0.29, 0.717) is 28.0 Å². The number of benzene rings is 3. The highest BCUT2D eigenvalue weighted by Crippen LogP contribution is 2.34. The van der Waals surface area contributed by atoms with Crippen molar-refractivity contribution < 1.29 is 27.4 Å². The summed E-state index contributed by atoms with van der Waals surface area (Å²) in [4.78, 5) is 14.2. The summed E-state index contributed by atoms with van der Waals surface area (Å²) in [7, 11) is -2.31. The van der Waals surface area contributed by atoms with Crippen LogP contribution in [-0.2, 0) is 10.0 Å². The number of hydrogen-bond donors (Lipinski definition) is 1. The predicted octanol–water partition coefficient (Wildman–Crippen LogP) is 4.02.